The van der Waals surface area contributed by atoms with Crippen LogP contribution < -0.4 is 4.74 Å². The normalized spacial score (nSPS) is 10.0. The summed E-state index contributed by atoms with van der Waals surface area (Å²) in [5.41, 5.74) is 1.30. The molecule has 1 aromatic rings. The number of aliphatic carboxylic acids is 1. The van der Waals surface area contributed by atoms with E-state index < -0.39 is 5.97 Å². The first kappa shape index (κ1) is 11.4. The predicted molar refractivity (Wildman–Crippen MR) is 55.4 cm³/mol. The maximum absolute atomic E-state index is 10.4. The molecule has 82 valence electrons. The van der Waals surface area contributed by atoms with E-state index in [-0.39, 0.29) is 12.2 Å². The highest BCUT2D eigenvalue weighted by Crippen LogP contribution is 2.28. The average molecular weight is 210 g/mol. The summed E-state index contributed by atoms with van der Waals surface area (Å²) in [7, 11) is 1.53. The third-order valence-electron chi connectivity index (χ3n) is 2.20. The van der Waals surface area contributed by atoms with Gasteiger partial charge in [-0.05, 0) is 36.6 Å². The van der Waals surface area contributed by atoms with E-state index >= 15 is 0 Å². The third kappa shape index (κ3) is 2.87. The zero-order valence-corrected chi connectivity index (χ0v) is 8.78. The Morgan fingerprint density at radius 2 is 2.13 bits per heavy atom. The average Bonchev–Trinajstić information content (AvgIpc) is 2.19. The van der Waals surface area contributed by atoms with Gasteiger partial charge in [0, 0.05) is 6.42 Å². The van der Waals surface area contributed by atoms with Gasteiger partial charge in [-0.2, -0.15) is 0 Å². The molecular weight excluding hydrogens is 196 g/mol. The van der Waals surface area contributed by atoms with Gasteiger partial charge >= 0.3 is 5.97 Å². The molecule has 0 aliphatic rings. The molecule has 0 amide bonds. The zero-order valence-electron chi connectivity index (χ0n) is 8.78. The zero-order chi connectivity index (χ0) is 11.4. The molecule has 0 fully saturated rings. The Morgan fingerprint density at radius 3 is 2.67 bits per heavy atom. The van der Waals surface area contributed by atoms with Crippen LogP contribution in [-0.4, -0.2) is 23.3 Å². The van der Waals surface area contributed by atoms with Crippen molar-refractivity contribution in [3.8, 4) is 11.5 Å². The van der Waals surface area contributed by atoms with E-state index in [4.69, 9.17) is 9.84 Å². The van der Waals surface area contributed by atoms with Crippen molar-refractivity contribution >= 4 is 5.97 Å². The largest absolute Gasteiger partial charge is 0.507 e. The smallest absolute Gasteiger partial charge is 0.303 e. The lowest BCUT2D eigenvalue weighted by Crippen LogP contribution is -1.99. The van der Waals surface area contributed by atoms with E-state index in [1.807, 2.05) is 0 Å². The minimum absolute atomic E-state index is 0.000166. The van der Waals surface area contributed by atoms with Crippen molar-refractivity contribution < 1.29 is 19.7 Å². The van der Waals surface area contributed by atoms with Gasteiger partial charge in [0.15, 0.2) is 0 Å². The number of aromatic hydroxyl groups is 1. The van der Waals surface area contributed by atoms with Gasteiger partial charge in [-0.25, -0.2) is 0 Å². The lowest BCUT2D eigenvalue weighted by atomic mass is 10.0. The van der Waals surface area contributed by atoms with Gasteiger partial charge < -0.3 is 14.9 Å². The van der Waals surface area contributed by atoms with Gasteiger partial charge in [0.05, 0.1) is 7.11 Å². The van der Waals surface area contributed by atoms with Crippen LogP contribution in [0.4, 0.5) is 0 Å². The summed E-state index contributed by atoms with van der Waals surface area (Å²) >= 11 is 0. The standard InChI is InChI=1S/C11H14O4/c1-7-5-9(15-2)6-8(11(7)14)3-4-10(12)13/h5-6,14H,3-4H2,1-2H3,(H,12,13). The van der Waals surface area contributed by atoms with Crippen molar-refractivity contribution in [2.45, 2.75) is 19.8 Å². The number of methoxy groups -OCH3 is 1. The van der Waals surface area contributed by atoms with Crippen LogP contribution in [-0.2, 0) is 11.2 Å². The monoisotopic (exact) mass is 210 g/mol. The summed E-state index contributed by atoms with van der Waals surface area (Å²) in [6, 6.07) is 3.37. The summed E-state index contributed by atoms with van der Waals surface area (Å²) < 4.78 is 5.04. The van der Waals surface area contributed by atoms with Gasteiger partial charge in [0.2, 0.25) is 0 Å². The maximum Gasteiger partial charge on any atom is 0.303 e. The summed E-state index contributed by atoms with van der Waals surface area (Å²) in [6.07, 6.45) is 0.305. The number of phenolic OH excluding ortho intramolecular Hbond substituents is 1. The van der Waals surface area contributed by atoms with Gasteiger partial charge in [-0.3, -0.25) is 4.79 Å². The van der Waals surface area contributed by atoms with Crippen molar-refractivity contribution in [3.63, 3.8) is 0 Å². The van der Waals surface area contributed by atoms with E-state index in [0.717, 1.165) is 0 Å². The predicted octanol–water partition coefficient (Wildman–Crippen LogP) is 1.73. The molecule has 1 aromatic carbocycles. The minimum Gasteiger partial charge on any atom is -0.507 e. The number of hydrogen-bond donors (Lipinski definition) is 2. The number of carboxylic acids is 1. The van der Waals surface area contributed by atoms with Crippen molar-refractivity contribution in [1.29, 1.82) is 0 Å². The Hall–Kier alpha value is -1.71. The van der Waals surface area contributed by atoms with Crippen LogP contribution in [0.3, 0.4) is 0 Å². The number of carboxylic acid groups (broad SMARTS) is 1. The van der Waals surface area contributed by atoms with Crippen molar-refractivity contribution in [3.05, 3.63) is 23.3 Å². The fourth-order valence-electron chi connectivity index (χ4n) is 1.37. The molecule has 0 atom stereocenters. The van der Waals surface area contributed by atoms with Crippen LogP contribution in [0.15, 0.2) is 12.1 Å². The first-order valence-electron chi connectivity index (χ1n) is 4.63. The Morgan fingerprint density at radius 1 is 1.47 bits per heavy atom. The van der Waals surface area contributed by atoms with Crippen molar-refractivity contribution in [2.75, 3.05) is 7.11 Å². The number of hydrogen-bond acceptors (Lipinski definition) is 3. The first-order chi connectivity index (χ1) is 7.04. The highest BCUT2D eigenvalue weighted by Gasteiger charge is 2.09. The molecule has 0 radical (unpaired) electrons. The highest BCUT2D eigenvalue weighted by molar-refractivity contribution is 5.67. The summed E-state index contributed by atoms with van der Waals surface area (Å²) in [6.45, 7) is 1.75. The van der Waals surface area contributed by atoms with Crippen LogP contribution in [0, 0.1) is 6.92 Å². The van der Waals surface area contributed by atoms with Crippen molar-refractivity contribution in [1.82, 2.24) is 0 Å². The van der Waals surface area contributed by atoms with Crippen LogP contribution in [0.5, 0.6) is 11.5 Å². The van der Waals surface area contributed by atoms with Gasteiger partial charge in [0.25, 0.3) is 0 Å². The fourth-order valence-corrected chi connectivity index (χ4v) is 1.37. The van der Waals surface area contributed by atoms with Gasteiger partial charge in [0.1, 0.15) is 11.5 Å². The lowest BCUT2D eigenvalue weighted by molar-refractivity contribution is -0.136. The Bertz CT molecular complexity index is 371. The second-order valence-electron chi connectivity index (χ2n) is 3.35. The van der Waals surface area contributed by atoms with E-state index in [2.05, 4.69) is 0 Å². The van der Waals surface area contributed by atoms with Crippen LogP contribution in [0.1, 0.15) is 17.5 Å². The Balaban J connectivity index is 2.94. The first-order valence-corrected chi connectivity index (χ1v) is 4.63. The SMILES string of the molecule is COc1cc(C)c(O)c(CCC(=O)O)c1. The number of benzene rings is 1. The van der Waals surface area contributed by atoms with Gasteiger partial charge in [-0.1, -0.05) is 0 Å². The minimum atomic E-state index is -0.880. The molecule has 0 saturated heterocycles. The molecule has 0 spiro atoms. The molecule has 4 heteroatoms. The fraction of sp³-hybridized carbons (Fsp3) is 0.364. The quantitative estimate of drug-likeness (QED) is 0.794. The van der Waals surface area contributed by atoms with Crippen LogP contribution in [0.25, 0.3) is 0 Å². The second kappa shape index (κ2) is 4.68. The summed E-state index contributed by atoms with van der Waals surface area (Å²) in [5, 5.41) is 18.2. The molecule has 4 nitrogen and oxygen atoms in total. The number of carbonyl (C=O) groups is 1. The Kier molecular flexibility index (Phi) is 3.55. The summed E-state index contributed by atoms with van der Waals surface area (Å²) in [4.78, 5) is 10.4. The third-order valence-corrected chi connectivity index (χ3v) is 2.20. The molecule has 0 heterocycles. The van der Waals surface area contributed by atoms with Crippen molar-refractivity contribution in [2.24, 2.45) is 0 Å². The van der Waals surface area contributed by atoms with E-state index in [1.54, 1.807) is 19.1 Å². The summed E-state index contributed by atoms with van der Waals surface area (Å²) in [5.74, 6) is -0.0994. The number of ether oxygens (including phenoxy) is 1. The molecule has 2 N–H and O–H groups in total. The van der Waals surface area contributed by atoms with E-state index in [1.165, 1.54) is 7.11 Å². The molecule has 0 bridgehead atoms. The highest BCUT2D eigenvalue weighted by atomic mass is 16.5. The molecule has 0 aliphatic heterocycles. The van der Waals surface area contributed by atoms with E-state index in [0.29, 0.717) is 23.3 Å². The Labute approximate surface area is 88.1 Å². The van der Waals surface area contributed by atoms with Crippen LogP contribution >= 0.6 is 0 Å². The molecule has 0 saturated carbocycles. The lowest BCUT2D eigenvalue weighted by Gasteiger charge is -2.09. The molecule has 0 aliphatic carbocycles. The molecular formula is C11H14O4. The molecule has 1 rings (SSSR count). The number of phenols is 1. The maximum atomic E-state index is 10.4. The number of aryl methyl sites for hydroxylation is 2. The second-order valence-corrected chi connectivity index (χ2v) is 3.35. The molecule has 15 heavy (non-hydrogen) atoms. The molecule has 0 aromatic heterocycles. The van der Waals surface area contributed by atoms with E-state index in [9.17, 15) is 9.90 Å². The topological polar surface area (TPSA) is 66.8 Å². The number of rotatable bonds is 4. The molecule has 0 unspecified atom stereocenters. The van der Waals surface area contributed by atoms with Gasteiger partial charge in [-0.15, -0.1) is 0 Å². The van der Waals surface area contributed by atoms with Crippen LogP contribution in [0.2, 0.25) is 0 Å².